The second kappa shape index (κ2) is 10.2. The normalized spacial score (nSPS) is 25.7. The second-order valence-electron chi connectivity index (χ2n) is 6.79. The van der Waals surface area contributed by atoms with Crippen LogP contribution in [0.2, 0.25) is 0 Å². The van der Waals surface area contributed by atoms with Gasteiger partial charge in [-0.3, -0.25) is 4.79 Å². The summed E-state index contributed by atoms with van der Waals surface area (Å²) in [5.41, 5.74) is 0. The van der Waals surface area contributed by atoms with E-state index in [-0.39, 0.29) is 25.6 Å². The zero-order chi connectivity index (χ0) is 16.4. The maximum atomic E-state index is 10.8. The molecule has 0 aromatic carbocycles. The Morgan fingerprint density at radius 2 is 1.26 bits per heavy atom. The Balaban J connectivity index is 1.86. The molecule has 0 radical (unpaired) electrons. The smallest absolute Gasteiger partial charge is 0.303 e. The first-order chi connectivity index (χ1) is 11.2. The van der Waals surface area contributed by atoms with E-state index in [0.29, 0.717) is 0 Å². The number of carboxylic acid groups (broad SMARTS) is 1. The molecule has 2 fully saturated rings. The van der Waals surface area contributed by atoms with E-state index in [1.165, 1.54) is 32.1 Å². The van der Waals surface area contributed by atoms with E-state index in [9.17, 15) is 4.79 Å². The summed E-state index contributed by atoms with van der Waals surface area (Å²) in [5.74, 6) is -1.97. The molecule has 0 bridgehead atoms. The van der Waals surface area contributed by atoms with Crippen molar-refractivity contribution in [2.45, 2.75) is 82.8 Å². The van der Waals surface area contributed by atoms with Gasteiger partial charge in [-0.2, -0.15) is 9.78 Å². The molecule has 23 heavy (non-hydrogen) atoms. The van der Waals surface area contributed by atoms with Gasteiger partial charge in [0.15, 0.2) is 0 Å². The van der Waals surface area contributed by atoms with E-state index in [1.54, 1.807) is 0 Å². The molecule has 0 atom stereocenters. The van der Waals surface area contributed by atoms with Gasteiger partial charge in [0.05, 0.1) is 19.6 Å². The summed E-state index contributed by atoms with van der Waals surface area (Å²) in [7, 11) is 0. The lowest BCUT2D eigenvalue weighted by Crippen LogP contribution is -2.40. The standard InChI is InChI=1S/C17H30O6/c18-16(19)12-15-13-20-22-17(23-21-14-15)10-8-6-4-2-1-3-5-7-9-11-17/h15H,1-14H2,(H,18,19). The summed E-state index contributed by atoms with van der Waals surface area (Å²) in [4.78, 5) is 32.6. The maximum absolute atomic E-state index is 10.8. The quantitative estimate of drug-likeness (QED) is 0.772. The highest BCUT2D eigenvalue weighted by molar-refractivity contribution is 5.67. The molecule has 0 amide bonds. The van der Waals surface area contributed by atoms with Gasteiger partial charge in [-0.05, 0) is 12.8 Å². The van der Waals surface area contributed by atoms with E-state index in [1.807, 2.05) is 0 Å². The van der Waals surface area contributed by atoms with E-state index < -0.39 is 11.8 Å². The maximum Gasteiger partial charge on any atom is 0.303 e. The number of hydrogen-bond acceptors (Lipinski definition) is 5. The molecule has 134 valence electrons. The topological polar surface area (TPSA) is 74.2 Å². The fourth-order valence-electron chi connectivity index (χ4n) is 3.22. The van der Waals surface area contributed by atoms with Crippen LogP contribution in [0.4, 0.5) is 0 Å². The highest BCUT2D eigenvalue weighted by Crippen LogP contribution is 2.31. The second-order valence-corrected chi connectivity index (χ2v) is 6.79. The number of carboxylic acids is 1. The fraction of sp³-hybridized carbons (Fsp3) is 0.941. The molecule has 2 aliphatic rings. The number of rotatable bonds is 2. The van der Waals surface area contributed by atoms with Crippen molar-refractivity contribution in [2.24, 2.45) is 5.92 Å². The highest BCUT2D eigenvalue weighted by atomic mass is 17.3. The van der Waals surface area contributed by atoms with Gasteiger partial charge in [-0.1, -0.05) is 44.9 Å². The monoisotopic (exact) mass is 330 g/mol. The van der Waals surface area contributed by atoms with Crippen molar-refractivity contribution < 1.29 is 29.5 Å². The number of aliphatic carboxylic acids is 1. The van der Waals surface area contributed by atoms with Crippen molar-refractivity contribution in [3.63, 3.8) is 0 Å². The molecule has 1 saturated carbocycles. The molecule has 1 aliphatic heterocycles. The van der Waals surface area contributed by atoms with Crippen LogP contribution in [-0.4, -0.2) is 30.1 Å². The van der Waals surface area contributed by atoms with Crippen LogP contribution in [0.1, 0.15) is 77.0 Å². The Morgan fingerprint density at radius 3 is 1.70 bits per heavy atom. The van der Waals surface area contributed by atoms with E-state index >= 15 is 0 Å². The minimum Gasteiger partial charge on any atom is -0.481 e. The molecule has 6 nitrogen and oxygen atoms in total. The Kier molecular flexibility index (Phi) is 8.30. The lowest BCUT2D eigenvalue weighted by atomic mass is 9.97. The van der Waals surface area contributed by atoms with Crippen molar-refractivity contribution in [1.29, 1.82) is 0 Å². The third-order valence-corrected chi connectivity index (χ3v) is 4.61. The predicted molar refractivity (Wildman–Crippen MR) is 83.3 cm³/mol. The molecule has 0 unspecified atom stereocenters. The van der Waals surface area contributed by atoms with Crippen molar-refractivity contribution in [3.05, 3.63) is 0 Å². The van der Waals surface area contributed by atoms with Crippen LogP contribution in [0.15, 0.2) is 0 Å². The zero-order valence-corrected chi connectivity index (χ0v) is 14.0. The van der Waals surface area contributed by atoms with Gasteiger partial charge in [0, 0.05) is 18.8 Å². The van der Waals surface area contributed by atoms with Crippen LogP contribution in [0.3, 0.4) is 0 Å². The minimum atomic E-state index is -0.872. The summed E-state index contributed by atoms with van der Waals surface area (Å²) >= 11 is 0. The lowest BCUT2D eigenvalue weighted by molar-refractivity contribution is -0.531. The average molecular weight is 330 g/mol. The Hall–Kier alpha value is -0.690. The lowest BCUT2D eigenvalue weighted by Gasteiger charge is -2.34. The highest BCUT2D eigenvalue weighted by Gasteiger charge is 2.37. The summed E-state index contributed by atoms with van der Waals surface area (Å²) in [6.07, 6.45) is 12.3. The van der Waals surface area contributed by atoms with Crippen LogP contribution in [0, 0.1) is 5.92 Å². The molecule has 2 rings (SSSR count). The molecule has 1 N–H and O–H groups in total. The molecule has 1 saturated heterocycles. The summed E-state index contributed by atoms with van der Waals surface area (Å²) < 4.78 is 0. The van der Waals surface area contributed by atoms with Crippen LogP contribution < -0.4 is 0 Å². The van der Waals surface area contributed by atoms with Gasteiger partial charge in [-0.15, -0.1) is 0 Å². The van der Waals surface area contributed by atoms with Crippen LogP contribution in [-0.2, 0) is 24.3 Å². The minimum absolute atomic E-state index is 0.0142. The zero-order valence-electron chi connectivity index (χ0n) is 14.0. The Morgan fingerprint density at radius 1 is 0.826 bits per heavy atom. The average Bonchev–Trinajstić information content (AvgIpc) is 2.47. The Bertz CT molecular complexity index is 322. The molecule has 0 aromatic rings. The SMILES string of the molecule is O=C(O)CC1COOC2(CCCCCCCCCCC2)OOC1. The summed E-state index contributed by atoms with van der Waals surface area (Å²) in [6, 6.07) is 0. The third-order valence-electron chi connectivity index (χ3n) is 4.61. The van der Waals surface area contributed by atoms with Crippen molar-refractivity contribution in [3.8, 4) is 0 Å². The number of hydrogen-bond donors (Lipinski definition) is 1. The molecule has 6 heteroatoms. The summed E-state index contributed by atoms with van der Waals surface area (Å²) in [5, 5.41) is 8.85. The van der Waals surface area contributed by atoms with E-state index in [4.69, 9.17) is 24.7 Å². The van der Waals surface area contributed by atoms with Crippen molar-refractivity contribution in [1.82, 2.24) is 0 Å². The Labute approximate surface area is 138 Å². The van der Waals surface area contributed by atoms with Crippen LogP contribution >= 0.6 is 0 Å². The van der Waals surface area contributed by atoms with Gasteiger partial charge in [0.25, 0.3) is 0 Å². The van der Waals surface area contributed by atoms with Crippen molar-refractivity contribution in [2.75, 3.05) is 13.2 Å². The number of carbonyl (C=O) groups is 1. The van der Waals surface area contributed by atoms with E-state index in [2.05, 4.69) is 0 Å². The first kappa shape index (κ1) is 18.6. The van der Waals surface area contributed by atoms with E-state index in [0.717, 1.165) is 38.5 Å². The molecular weight excluding hydrogens is 300 g/mol. The fourth-order valence-corrected chi connectivity index (χ4v) is 3.22. The molecule has 1 heterocycles. The molecule has 1 aliphatic carbocycles. The van der Waals surface area contributed by atoms with Gasteiger partial charge in [0.2, 0.25) is 5.79 Å². The van der Waals surface area contributed by atoms with Gasteiger partial charge >= 0.3 is 5.97 Å². The molecule has 0 aromatic heterocycles. The summed E-state index contributed by atoms with van der Waals surface area (Å²) in [6.45, 7) is 0.439. The van der Waals surface area contributed by atoms with Crippen LogP contribution in [0.5, 0.6) is 0 Å². The van der Waals surface area contributed by atoms with Crippen molar-refractivity contribution >= 4 is 5.97 Å². The largest absolute Gasteiger partial charge is 0.481 e. The molecule has 1 spiro atoms. The first-order valence-electron chi connectivity index (χ1n) is 9.03. The molecular formula is C17H30O6. The predicted octanol–water partition coefficient (Wildman–Crippen LogP) is 3.99. The first-order valence-corrected chi connectivity index (χ1v) is 9.03. The third kappa shape index (κ3) is 7.16. The van der Waals surface area contributed by atoms with Crippen LogP contribution in [0.25, 0.3) is 0 Å². The van der Waals surface area contributed by atoms with Gasteiger partial charge in [-0.25, -0.2) is 9.78 Å². The van der Waals surface area contributed by atoms with Gasteiger partial charge in [0.1, 0.15) is 0 Å². The van der Waals surface area contributed by atoms with Gasteiger partial charge < -0.3 is 5.11 Å².